The van der Waals surface area contributed by atoms with Crippen LogP contribution in [0.5, 0.6) is 0 Å². The minimum absolute atomic E-state index is 0.233. The van der Waals surface area contributed by atoms with Crippen molar-refractivity contribution in [3.63, 3.8) is 0 Å². The SMILES string of the molecule is Fc1ccc(Br)cc1Cn1cncn1. The second-order valence-electron chi connectivity index (χ2n) is 2.83. The molecular weight excluding hydrogens is 249 g/mol. The third-order valence-electron chi connectivity index (χ3n) is 1.81. The summed E-state index contributed by atoms with van der Waals surface area (Å²) in [5, 5.41) is 3.91. The Morgan fingerprint density at radius 3 is 3.00 bits per heavy atom. The van der Waals surface area contributed by atoms with Crippen LogP contribution in [0.1, 0.15) is 5.56 Å². The van der Waals surface area contributed by atoms with Gasteiger partial charge in [-0.2, -0.15) is 5.10 Å². The first-order valence-electron chi connectivity index (χ1n) is 4.02. The number of hydrogen-bond acceptors (Lipinski definition) is 2. The van der Waals surface area contributed by atoms with E-state index < -0.39 is 0 Å². The van der Waals surface area contributed by atoms with Crippen LogP contribution in [-0.2, 0) is 6.54 Å². The summed E-state index contributed by atoms with van der Waals surface area (Å²) in [7, 11) is 0. The Kier molecular flexibility index (Phi) is 2.58. The van der Waals surface area contributed by atoms with E-state index in [4.69, 9.17) is 0 Å². The number of hydrogen-bond donors (Lipinski definition) is 0. The molecule has 2 rings (SSSR count). The summed E-state index contributed by atoms with van der Waals surface area (Å²) in [5.74, 6) is -0.233. The molecule has 0 atom stereocenters. The second kappa shape index (κ2) is 3.88. The summed E-state index contributed by atoms with van der Waals surface area (Å²) in [6.45, 7) is 0.394. The van der Waals surface area contributed by atoms with Gasteiger partial charge in [0.05, 0.1) is 6.54 Å². The molecule has 1 aromatic carbocycles. The van der Waals surface area contributed by atoms with Gasteiger partial charge in [-0.15, -0.1) is 0 Å². The van der Waals surface area contributed by atoms with Gasteiger partial charge in [-0.3, -0.25) is 0 Å². The molecule has 5 heteroatoms. The van der Waals surface area contributed by atoms with E-state index in [9.17, 15) is 4.39 Å². The highest BCUT2D eigenvalue weighted by Crippen LogP contribution is 2.15. The zero-order valence-electron chi connectivity index (χ0n) is 7.19. The first kappa shape index (κ1) is 9.33. The highest BCUT2D eigenvalue weighted by atomic mass is 79.9. The Labute approximate surface area is 88.7 Å². The molecule has 72 valence electrons. The van der Waals surface area contributed by atoms with Gasteiger partial charge >= 0.3 is 0 Å². The van der Waals surface area contributed by atoms with E-state index in [-0.39, 0.29) is 5.82 Å². The predicted octanol–water partition coefficient (Wildman–Crippen LogP) is 2.23. The summed E-state index contributed by atoms with van der Waals surface area (Å²) >= 11 is 3.29. The van der Waals surface area contributed by atoms with Crippen molar-refractivity contribution < 1.29 is 4.39 Å². The van der Waals surface area contributed by atoms with Crippen LogP contribution < -0.4 is 0 Å². The van der Waals surface area contributed by atoms with E-state index in [1.54, 1.807) is 23.1 Å². The molecule has 1 heterocycles. The standard InChI is InChI=1S/C9H7BrFN3/c10-8-1-2-9(11)7(3-8)4-14-6-12-5-13-14/h1-3,5-6H,4H2. The third kappa shape index (κ3) is 1.98. The molecule has 0 amide bonds. The van der Waals surface area contributed by atoms with Gasteiger partial charge in [0.1, 0.15) is 18.5 Å². The Morgan fingerprint density at radius 2 is 2.29 bits per heavy atom. The molecule has 0 saturated heterocycles. The Balaban J connectivity index is 2.28. The van der Waals surface area contributed by atoms with Crippen molar-refractivity contribution in [3.8, 4) is 0 Å². The molecule has 0 aliphatic carbocycles. The molecule has 0 aliphatic rings. The van der Waals surface area contributed by atoms with Gasteiger partial charge in [0.25, 0.3) is 0 Å². The van der Waals surface area contributed by atoms with E-state index in [2.05, 4.69) is 26.0 Å². The second-order valence-corrected chi connectivity index (χ2v) is 3.74. The van der Waals surface area contributed by atoms with Gasteiger partial charge < -0.3 is 0 Å². The smallest absolute Gasteiger partial charge is 0.137 e. The van der Waals surface area contributed by atoms with Crippen LogP contribution in [0.15, 0.2) is 35.3 Å². The topological polar surface area (TPSA) is 30.7 Å². The molecule has 0 saturated carbocycles. The van der Waals surface area contributed by atoms with Gasteiger partial charge in [0.2, 0.25) is 0 Å². The maximum atomic E-state index is 13.3. The van der Waals surface area contributed by atoms with Crippen LogP contribution in [-0.4, -0.2) is 14.8 Å². The highest BCUT2D eigenvalue weighted by Gasteiger charge is 2.03. The van der Waals surface area contributed by atoms with Crippen molar-refractivity contribution in [2.24, 2.45) is 0 Å². The zero-order valence-corrected chi connectivity index (χ0v) is 8.78. The third-order valence-corrected chi connectivity index (χ3v) is 2.30. The van der Waals surface area contributed by atoms with E-state index in [1.165, 1.54) is 12.4 Å². The summed E-state index contributed by atoms with van der Waals surface area (Å²) in [4.78, 5) is 3.79. The van der Waals surface area contributed by atoms with Crippen LogP contribution >= 0.6 is 15.9 Å². The monoisotopic (exact) mass is 255 g/mol. The molecule has 0 radical (unpaired) electrons. The summed E-state index contributed by atoms with van der Waals surface area (Å²) in [6, 6.07) is 4.83. The minimum Gasteiger partial charge on any atom is -0.248 e. The van der Waals surface area contributed by atoms with Gasteiger partial charge in [-0.05, 0) is 18.2 Å². The van der Waals surface area contributed by atoms with Crippen molar-refractivity contribution >= 4 is 15.9 Å². The average Bonchev–Trinajstić information content (AvgIpc) is 2.64. The largest absolute Gasteiger partial charge is 0.248 e. The Bertz CT molecular complexity index is 428. The number of aromatic nitrogens is 3. The maximum absolute atomic E-state index is 13.3. The minimum atomic E-state index is -0.233. The van der Waals surface area contributed by atoms with E-state index in [1.807, 2.05) is 0 Å². The fourth-order valence-corrected chi connectivity index (χ4v) is 1.56. The molecule has 1 aromatic heterocycles. The van der Waals surface area contributed by atoms with Crippen molar-refractivity contribution in [2.75, 3.05) is 0 Å². The molecule has 0 spiro atoms. The van der Waals surface area contributed by atoms with Gasteiger partial charge in [-0.25, -0.2) is 14.1 Å². The molecule has 0 fully saturated rings. The lowest BCUT2D eigenvalue weighted by atomic mass is 10.2. The molecule has 0 N–H and O–H groups in total. The number of rotatable bonds is 2. The lowest BCUT2D eigenvalue weighted by Gasteiger charge is -2.03. The quantitative estimate of drug-likeness (QED) is 0.824. The predicted molar refractivity (Wildman–Crippen MR) is 53.2 cm³/mol. The maximum Gasteiger partial charge on any atom is 0.137 e. The van der Waals surface area contributed by atoms with Crippen LogP contribution in [0, 0.1) is 5.82 Å². The van der Waals surface area contributed by atoms with E-state index >= 15 is 0 Å². The van der Waals surface area contributed by atoms with Crippen LogP contribution in [0.3, 0.4) is 0 Å². The summed E-state index contributed by atoms with van der Waals surface area (Å²) in [6.07, 6.45) is 2.98. The first-order chi connectivity index (χ1) is 6.75. The van der Waals surface area contributed by atoms with E-state index in [0.717, 1.165) is 4.47 Å². The first-order valence-corrected chi connectivity index (χ1v) is 4.81. The average molecular weight is 256 g/mol. The molecule has 0 unspecified atom stereocenters. The molecule has 14 heavy (non-hydrogen) atoms. The van der Waals surface area contributed by atoms with Crippen LogP contribution in [0.4, 0.5) is 4.39 Å². The Morgan fingerprint density at radius 1 is 1.43 bits per heavy atom. The van der Waals surface area contributed by atoms with Gasteiger partial charge in [0.15, 0.2) is 0 Å². The van der Waals surface area contributed by atoms with Gasteiger partial charge in [-0.1, -0.05) is 15.9 Å². The molecule has 2 aromatic rings. The number of benzene rings is 1. The summed E-state index contributed by atoms with van der Waals surface area (Å²) in [5.41, 5.74) is 0.588. The lowest BCUT2D eigenvalue weighted by Crippen LogP contribution is -2.02. The fraction of sp³-hybridized carbons (Fsp3) is 0.111. The summed E-state index contributed by atoms with van der Waals surface area (Å²) < 4.78 is 15.7. The van der Waals surface area contributed by atoms with Crippen molar-refractivity contribution in [3.05, 3.63) is 46.7 Å². The lowest BCUT2D eigenvalue weighted by molar-refractivity contribution is 0.584. The van der Waals surface area contributed by atoms with Crippen molar-refractivity contribution in [1.29, 1.82) is 0 Å². The Hall–Kier alpha value is -1.23. The molecule has 0 bridgehead atoms. The normalized spacial score (nSPS) is 10.4. The molecular formula is C9H7BrFN3. The van der Waals surface area contributed by atoms with Gasteiger partial charge in [0, 0.05) is 10.0 Å². The zero-order chi connectivity index (χ0) is 9.97. The fourth-order valence-electron chi connectivity index (χ4n) is 1.15. The number of nitrogens with zero attached hydrogens (tertiary/aromatic N) is 3. The van der Waals surface area contributed by atoms with E-state index in [0.29, 0.717) is 12.1 Å². The van der Waals surface area contributed by atoms with Crippen LogP contribution in [0.2, 0.25) is 0 Å². The van der Waals surface area contributed by atoms with Crippen LogP contribution in [0.25, 0.3) is 0 Å². The molecule has 0 aliphatic heterocycles. The molecule has 3 nitrogen and oxygen atoms in total. The number of halogens is 2. The van der Waals surface area contributed by atoms with Crippen molar-refractivity contribution in [2.45, 2.75) is 6.54 Å². The van der Waals surface area contributed by atoms with Crippen molar-refractivity contribution in [1.82, 2.24) is 14.8 Å². The highest BCUT2D eigenvalue weighted by molar-refractivity contribution is 9.10.